The van der Waals surface area contributed by atoms with E-state index in [2.05, 4.69) is 4.98 Å². The maximum atomic E-state index is 12.1. The van der Waals surface area contributed by atoms with Gasteiger partial charge in [0.2, 0.25) is 0 Å². The number of pyridine rings is 2. The molecule has 100 valence electrons. The van der Waals surface area contributed by atoms with Crippen LogP contribution in [0.1, 0.15) is 5.69 Å². The number of hydrogen-bond donors (Lipinski definition) is 1. The molecule has 0 spiro atoms. The zero-order chi connectivity index (χ0) is 14.1. The lowest BCUT2D eigenvalue weighted by molar-refractivity contribution is 0.773. The Morgan fingerprint density at radius 2 is 1.90 bits per heavy atom. The fourth-order valence-corrected chi connectivity index (χ4v) is 2.33. The van der Waals surface area contributed by atoms with Gasteiger partial charge in [-0.25, -0.2) is 4.98 Å². The number of anilines is 1. The number of hydrogen-bond acceptors (Lipinski definition) is 3. The Balaban J connectivity index is 2.17. The minimum Gasteiger partial charge on any atom is -0.384 e. The fourth-order valence-electron chi connectivity index (χ4n) is 2.17. The van der Waals surface area contributed by atoms with Crippen molar-refractivity contribution in [2.75, 3.05) is 5.73 Å². The molecule has 0 aliphatic heterocycles. The van der Waals surface area contributed by atoms with Gasteiger partial charge in [-0.1, -0.05) is 29.8 Å². The number of aromatic nitrogens is 2. The third-order valence-electron chi connectivity index (χ3n) is 3.15. The first-order chi connectivity index (χ1) is 9.65. The second kappa shape index (κ2) is 4.98. The summed E-state index contributed by atoms with van der Waals surface area (Å²) in [5.74, 6) is 0.387. The van der Waals surface area contributed by atoms with Crippen molar-refractivity contribution in [2.24, 2.45) is 0 Å². The van der Waals surface area contributed by atoms with E-state index in [1.165, 1.54) is 0 Å². The van der Waals surface area contributed by atoms with E-state index >= 15 is 0 Å². The first-order valence-electron chi connectivity index (χ1n) is 6.14. The van der Waals surface area contributed by atoms with Gasteiger partial charge in [0.25, 0.3) is 5.56 Å². The smallest absolute Gasteiger partial charge is 0.251 e. The minimum absolute atomic E-state index is 0.0935. The molecule has 0 radical (unpaired) electrons. The molecule has 0 atom stereocenters. The SMILES string of the molecule is Nc1ccc(Cl)c(Cn2c(=O)ccc3ccccc32)n1. The molecular formula is C15H12ClN3O. The first kappa shape index (κ1) is 12.7. The van der Waals surface area contributed by atoms with Crippen molar-refractivity contribution in [1.29, 1.82) is 0 Å². The van der Waals surface area contributed by atoms with E-state index in [9.17, 15) is 4.79 Å². The average Bonchev–Trinajstić information content (AvgIpc) is 2.46. The molecule has 0 saturated carbocycles. The molecule has 2 N–H and O–H groups in total. The predicted octanol–water partition coefficient (Wildman–Crippen LogP) is 2.68. The molecule has 4 nitrogen and oxygen atoms in total. The maximum Gasteiger partial charge on any atom is 0.251 e. The fraction of sp³-hybridized carbons (Fsp3) is 0.0667. The van der Waals surface area contributed by atoms with E-state index in [0.717, 1.165) is 10.9 Å². The quantitative estimate of drug-likeness (QED) is 0.787. The van der Waals surface area contributed by atoms with Gasteiger partial charge in [0.1, 0.15) is 5.82 Å². The van der Waals surface area contributed by atoms with E-state index in [0.29, 0.717) is 23.1 Å². The standard InChI is InChI=1S/C15H12ClN3O/c16-11-6-7-14(17)18-12(11)9-19-13-4-2-1-3-10(13)5-8-15(19)20/h1-8H,9H2,(H2,17,18). The van der Waals surface area contributed by atoms with Crippen LogP contribution in [0.15, 0.2) is 53.3 Å². The van der Waals surface area contributed by atoms with Crippen LogP contribution < -0.4 is 11.3 Å². The molecule has 20 heavy (non-hydrogen) atoms. The molecule has 0 aliphatic carbocycles. The summed E-state index contributed by atoms with van der Waals surface area (Å²) in [7, 11) is 0. The number of nitrogen functional groups attached to an aromatic ring is 1. The van der Waals surface area contributed by atoms with Crippen LogP contribution in [0.2, 0.25) is 5.02 Å². The normalized spacial score (nSPS) is 10.8. The molecule has 2 aromatic heterocycles. The Bertz CT molecular complexity index is 842. The van der Waals surface area contributed by atoms with E-state index in [-0.39, 0.29) is 5.56 Å². The summed E-state index contributed by atoms with van der Waals surface area (Å²) in [5, 5.41) is 1.49. The number of rotatable bonds is 2. The summed E-state index contributed by atoms with van der Waals surface area (Å²) in [6.45, 7) is 0.296. The van der Waals surface area contributed by atoms with E-state index < -0.39 is 0 Å². The third kappa shape index (κ3) is 2.26. The largest absolute Gasteiger partial charge is 0.384 e. The van der Waals surface area contributed by atoms with Gasteiger partial charge in [0.15, 0.2) is 0 Å². The van der Waals surface area contributed by atoms with Crippen LogP contribution in [0.3, 0.4) is 0 Å². The van der Waals surface area contributed by atoms with Gasteiger partial charge in [0, 0.05) is 6.07 Å². The van der Waals surface area contributed by atoms with Crippen molar-refractivity contribution in [3.63, 3.8) is 0 Å². The number of nitrogens with zero attached hydrogens (tertiary/aromatic N) is 2. The third-order valence-corrected chi connectivity index (χ3v) is 3.49. The van der Waals surface area contributed by atoms with Crippen molar-refractivity contribution in [2.45, 2.75) is 6.54 Å². The summed E-state index contributed by atoms with van der Waals surface area (Å²) < 4.78 is 1.64. The maximum absolute atomic E-state index is 12.1. The zero-order valence-corrected chi connectivity index (χ0v) is 11.3. The van der Waals surface area contributed by atoms with Gasteiger partial charge < -0.3 is 10.3 Å². The summed E-state index contributed by atoms with van der Waals surface area (Å²) >= 11 is 6.12. The summed E-state index contributed by atoms with van der Waals surface area (Å²) in [6, 6.07) is 14.4. The molecule has 0 saturated heterocycles. The van der Waals surface area contributed by atoms with E-state index in [1.54, 1.807) is 22.8 Å². The van der Waals surface area contributed by atoms with Crippen LogP contribution in [0.5, 0.6) is 0 Å². The van der Waals surface area contributed by atoms with Gasteiger partial charge in [-0.3, -0.25) is 4.79 Å². The number of fused-ring (bicyclic) bond motifs is 1. The molecule has 0 fully saturated rings. The van der Waals surface area contributed by atoms with Crippen molar-refractivity contribution in [3.8, 4) is 0 Å². The van der Waals surface area contributed by atoms with Crippen molar-refractivity contribution in [1.82, 2.24) is 9.55 Å². The second-order valence-corrected chi connectivity index (χ2v) is 4.89. The Kier molecular flexibility index (Phi) is 3.16. The second-order valence-electron chi connectivity index (χ2n) is 4.48. The first-order valence-corrected chi connectivity index (χ1v) is 6.52. The molecular weight excluding hydrogens is 274 g/mol. The van der Waals surface area contributed by atoms with Gasteiger partial charge in [0.05, 0.1) is 22.8 Å². The van der Waals surface area contributed by atoms with Crippen LogP contribution in [-0.4, -0.2) is 9.55 Å². The number of para-hydroxylation sites is 1. The van der Waals surface area contributed by atoms with Crippen molar-refractivity contribution < 1.29 is 0 Å². The van der Waals surface area contributed by atoms with Gasteiger partial charge in [-0.05, 0) is 29.7 Å². The number of benzene rings is 1. The topological polar surface area (TPSA) is 60.9 Å². The minimum atomic E-state index is -0.0935. The molecule has 0 aliphatic rings. The van der Waals surface area contributed by atoms with Crippen LogP contribution in [0, 0.1) is 0 Å². The molecule has 3 rings (SSSR count). The van der Waals surface area contributed by atoms with Gasteiger partial charge >= 0.3 is 0 Å². The Labute approximate surface area is 120 Å². The number of halogens is 1. The molecule has 0 amide bonds. The van der Waals surface area contributed by atoms with Crippen LogP contribution in [0.25, 0.3) is 10.9 Å². The molecule has 0 unspecified atom stereocenters. The lowest BCUT2D eigenvalue weighted by Crippen LogP contribution is -2.20. The van der Waals surface area contributed by atoms with Gasteiger partial charge in [-0.15, -0.1) is 0 Å². The van der Waals surface area contributed by atoms with Gasteiger partial charge in [-0.2, -0.15) is 0 Å². The lowest BCUT2D eigenvalue weighted by Gasteiger charge is -2.11. The highest BCUT2D eigenvalue weighted by Crippen LogP contribution is 2.18. The molecule has 0 bridgehead atoms. The predicted molar refractivity (Wildman–Crippen MR) is 81.0 cm³/mol. The highest BCUT2D eigenvalue weighted by molar-refractivity contribution is 6.31. The molecule has 3 aromatic rings. The van der Waals surface area contributed by atoms with E-state index in [1.807, 2.05) is 30.3 Å². The highest BCUT2D eigenvalue weighted by Gasteiger charge is 2.08. The van der Waals surface area contributed by atoms with Crippen LogP contribution in [-0.2, 0) is 6.54 Å². The highest BCUT2D eigenvalue weighted by atomic mass is 35.5. The molecule has 1 aromatic carbocycles. The monoisotopic (exact) mass is 285 g/mol. The Morgan fingerprint density at radius 1 is 1.10 bits per heavy atom. The summed E-state index contributed by atoms with van der Waals surface area (Å²) in [4.78, 5) is 16.3. The lowest BCUT2D eigenvalue weighted by atomic mass is 10.2. The van der Waals surface area contributed by atoms with Crippen LogP contribution in [0.4, 0.5) is 5.82 Å². The van der Waals surface area contributed by atoms with Crippen LogP contribution >= 0.6 is 11.6 Å². The zero-order valence-electron chi connectivity index (χ0n) is 10.6. The Hall–Kier alpha value is -2.33. The molecule has 5 heteroatoms. The summed E-state index contributed by atoms with van der Waals surface area (Å²) in [6.07, 6.45) is 0. The average molecular weight is 286 g/mol. The number of nitrogens with two attached hydrogens (primary N) is 1. The Morgan fingerprint density at radius 3 is 2.75 bits per heavy atom. The van der Waals surface area contributed by atoms with E-state index in [4.69, 9.17) is 17.3 Å². The molecule has 2 heterocycles. The summed E-state index contributed by atoms with van der Waals surface area (Å²) in [5.41, 5.74) is 7.02. The van der Waals surface area contributed by atoms with Crippen molar-refractivity contribution >= 4 is 28.3 Å². The van der Waals surface area contributed by atoms with Crippen molar-refractivity contribution in [3.05, 3.63) is 69.6 Å².